The van der Waals surface area contributed by atoms with Crippen molar-refractivity contribution in [2.75, 3.05) is 0 Å². The zero-order valence-corrected chi connectivity index (χ0v) is 12.5. The van der Waals surface area contributed by atoms with Crippen molar-refractivity contribution in [2.24, 2.45) is 0 Å². The first-order valence-corrected chi connectivity index (χ1v) is 6.37. The Morgan fingerprint density at radius 2 is 1.93 bits per heavy atom. The summed E-state index contributed by atoms with van der Waals surface area (Å²) in [5.41, 5.74) is 4.80. The maximum absolute atomic E-state index is 4.49. The maximum Gasteiger partial charge on any atom is 0.0931 e. The molecule has 0 aromatic carbocycles. The van der Waals surface area contributed by atoms with Crippen LogP contribution in [-0.4, -0.2) is 7.76 Å². The molecule has 0 saturated carbocycles. The second-order valence-electron chi connectivity index (χ2n) is 3.44. The van der Waals surface area contributed by atoms with Crippen LogP contribution in [0.3, 0.4) is 0 Å². The Balaban J connectivity index is 3.02. The van der Waals surface area contributed by atoms with Crippen LogP contribution in [-0.2, 0) is 0 Å². The van der Waals surface area contributed by atoms with Gasteiger partial charge in [-0.05, 0) is 55.0 Å². The number of aryl methyl sites for hydroxylation is 3. The Bertz CT molecular complexity index is 515. The Morgan fingerprint density at radius 3 is 2.57 bits per heavy atom. The molecule has 0 spiro atoms. The van der Waals surface area contributed by atoms with Crippen LogP contribution in [0, 0.1) is 24.5 Å². The molecule has 0 fully saturated rings. The Labute approximate surface area is 111 Å². The van der Waals surface area contributed by atoms with E-state index in [0.29, 0.717) is 0 Å². The van der Waals surface area contributed by atoms with E-state index in [1.165, 1.54) is 20.2 Å². The molecule has 0 aliphatic carbocycles. The average molecular weight is 412 g/mol. The largest absolute Gasteiger partial charge is 0.275 e. The van der Waals surface area contributed by atoms with Crippen LogP contribution >= 0.6 is 45.5 Å². The Morgan fingerprint density at radius 1 is 1.29 bits per heavy atom. The predicted molar refractivity (Wildman–Crippen MR) is 76.1 cm³/mol. The summed E-state index contributed by atoms with van der Waals surface area (Å²) in [6, 6.07) is 2.16. The molecule has 2 nitrogen and oxygen atoms in total. The van der Waals surface area contributed by atoms with E-state index >= 15 is 0 Å². The van der Waals surface area contributed by atoms with Gasteiger partial charge >= 0.3 is 0 Å². The molecule has 74 valence electrons. The summed E-state index contributed by atoms with van der Waals surface area (Å²) in [5.74, 6) is 0. The number of pyridine rings is 1. The fourth-order valence-corrected chi connectivity index (χ4v) is 3.21. The molecule has 0 saturated heterocycles. The SMILES string of the molecule is Cc1cc2c(C)c(I)n(I)c2c(C)n1. The topological polar surface area (TPSA) is 17.8 Å². The number of hydrogen-bond donors (Lipinski definition) is 0. The summed E-state index contributed by atoms with van der Waals surface area (Å²) in [7, 11) is 0. The lowest BCUT2D eigenvalue weighted by atomic mass is 10.2. The Hall–Kier alpha value is 0.150. The summed E-state index contributed by atoms with van der Waals surface area (Å²) in [6.07, 6.45) is 0. The van der Waals surface area contributed by atoms with Crippen molar-refractivity contribution in [1.82, 2.24) is 7.76 Å². The van der Waals surface area contributed by atoms with Crippen molar-refractivity contribution in [2.45, 2.75) is 20.8 Å². The van der Waals surface area contributed by atoms with Gasteiger partial charge in [-0.15, -0.1) is 0 Å². The molecule has 14 heavy (non-hydrogen) atoms. The van der Waals surface area contributed by atoms with Crippen molar-refractivity contribution in [3.63, 3.8) is 0 Å². The van der Waals surface area contributed by atoms with Gasteiger partial charge in [-0.3, -0.25) is 7.76 Å². The van der Waals surface area contributed by atoms with Crippen LogP contribution in [0.15, 0.2) is 6.07 Å². The number of rotatable bonds is 0. The van der Waals surface area contributed by atoms with E-state index in [-0.39, 0.29) is 0 Å². The van der Waals surface area contributed by atoms with Crippen LogP contribution in [0.2, 0.25) is 0 Å². The van der Waals surface area contributed by atoms with Gasteiger partial charge in [-0.2, -0.15) is 0 Å². The molecule has 2 aromatic heterocycles. The lowest BCUT2D eigenvalue weighted by Gasteiger charge is -2.00. The molecule has 0 amide bonds. The number of halogens is 2. The number of nitrogens with zero attached hydrogens (tertiary/aromatic N) is 2. The minimum Gasteiger partial charge on any atom is -0.275 e. The van der Waals surface area contributed by atoms with E-state index in [9.17, 15) is 0 Å². The van der Waals surface area contributed by atoms with Crippen LogP contribution in [0.4, 0.5) is 0 Å². The Kier molecular flexibility index (Phi) is 2.76. The third-order valence-corrected chi connectivity index (χ3v) is 5.56. The highest BCUT2D eigenvalue weighted by Crippen LogP contribution is 2.30. The van der Waals surface area contributed by atoms with Crippen LogP contribution in [0.5, 0.6) is 0 Å². The molecule has 2 rings (SSSR count). The normalized spacial score (nSPS) is 11.2. The maximum atomic E-state index is 4.49. The molecule has 2 heterocycles. The summed E-state index contributed by atoms with van der Waals surface area (Å²) < 4.78 is 3.47. The predicted octanol–water partition coefficient (Wildman–Crippen LogP) is 3.76. The third-order valence-electron chi connectivity index (χ3n) is 2.38. The first-order valence-electron chi connectivity index (χ1n) is 4.33. The van der Waals surface area contributed by atoms with Crippen LogP contribution in [0.25, 0.3) is 10.9 Å². The molecular weight excluding hydrogens is 402 g/mol. The minimum atomic E-state index is 1.09. The zero-order chi connectivity index (χ0) is 10.5. The summed E-state index contributed by atoms with van der Waals surface area (Å²) >= 11 is 4.71. The van der Waals surface area contributed by atoms with Gasteiger partial charge < -0.3 is 0 Å². The fourth-order valence-electron chi connectivity index (χ4n) is 1.71. The van der Waals surface area contributed by atoms with Gasteiger partial charge in [0.05, 0.1) is 37.8 Å². The lowest BCUT2D eigenvalue weighted by molar-refractivity contribution is 1.13. The van der Waals surface area contributed by atoms with Gasteiger partial charge in [0.15, 0.2) is 0 Å². The van der Waals surface area contributed by atoms with Gasteiger partial charge in [0.25, 0.3) is 0 Å². The molecule has 0 bridgehead atoms. The minimum absolute atomic E-state index is 1.09. The standard InChI is InChI=1S/C10H10I2N2/c1-5-4-8-6(2)10(11)14(12)9(8)7(3)13-5/h4H,1-3H3. The smallest absolute Gasteiger partial charge is 0.0931 e. The lowest BCUT2D eigenvalue weighted by Crippen LogP contribution is -1.89. The van der Waals surface area contributed by atoms with E-state index in [1.54, 1.807) is 0 Å². The van der Waals surface area contributed by atoms with E-state index in [2.05, 4.69) is 73.1 Å². The number of aromatic nitrogens is 2. The molecule has 2 aromatic rings. The second-order valence-corrected chi connectivity index (χ2v) is 5.43. The third kappa shape index (κ3) is 1.46. The van der Waals surface area contributed by atoms with Gasteiger partial charge in [-0.1, -0.05) is 0 Å². The quantitative estimate of drug-likeness (QED) is 0.603. The summed E-state index contributed by atoms with van der Waals surface area (Å²) in [4.78, 5) is 4.49. The molecular formula is C10H10I2N2. The highest BCUT2D eigenvalue weighted by atomic mass is 127. The molecule has 0 aliphatic rings. The van der Waals surface area contributed by atoms with Crippen molar-refractivity contribution in [3.05, 3.63) is 26.7 Å². The highest BCUT2D eigenvalue weighted by Gasteiger charge is 2.13. The van der Waals surface area contributed by atoms with Gasteiger partial charge in [0.2, 0.25) is 0 Å². The average Bonchev–Trinajstić information content (AvgIpc) is 2.31. The molecule has 0 N–H and O–H groups in total. The van der Waals surface area contributed by atoms with E-state index in [1.807, 2.05) is 6.92 Å². The molecule has 4 heteroatoms. The number of hydrogen-bond acceptors (Lipinski definition) is 1. The van der Waals surface area contributed by atoms with Crippen molar-refractivity contribution in [3.8, 4) is 0 Å². The van der Waals surface area contributed by atoms with Crippen LogP contribution < -0.4 is 0 Å². The second kappa shape index (κ2) is 3.62. The highest BCUT2D eigenvalue weighted by molar-refractivity contribution is 14.1. The summed E-state index contributed by atoms with van der Waals surface area (Å²) in [6.45, 7) is 6.28. The first kappa shape index (κ1) is 10.7. The first-order chi connectivity index (χ1) is 6.52. The van der Waals surface area contributed by atoms with Gasteiger partial charge in [0.1, 0.15) is 0 Å². The molecule has 0 atom stereocenters. The molecule has 0 radical (unpaired) electrons. The molecule has 0 aliphatic heterocycles. The monoisotopic (exact) mass is 412 g/mol. The van der Waals surface area contributed by atoms with Crippen LogP contribution in [0.1, 0.15) is 17.0 Å². The van der Waals surface area contributed by atoms with E-state index in [4.69, 9.17) is 0 Å². The van der Waals surface area contributed by atoms with E-state index < -0.39 is 0 Å². The molecule has 0 unspecified atom stereocenters. The summed E-state index contributed by atoms with van der Waals surface area (Å²) in [5, 5.41) is 1.33. The van der Waals surface area contributed by atoms with Gasteiger partial charge in [0, 0.05) is 11.1 Å². The van der Waals surface area contributed by atoms with Crippen molar-refractivity contribution >= 4 is 56.4 Å². The van der Waals surface area contributed by atoms with E-state index in [0.717, 1.165) is 11.4 Å². The fraction of sp³-hybridized carbons (Fsp3) is 0.300. The number of fused-ring (bicyclic) bond motifs is 1. The van der Waals surface area contributed by atoms with Crippen molar-refractivity contribution in [1.29, 1.82) is 0 Å². The zero-order valence-electron chi connectivity index (χ0n) is 8.23. The van der Waals surface area contributed by atoms with Crippen molar-refractivity contribution < 1.29 is 0 Å². The van der Waals surface area contributed by atoms with Gasteiger partial charge in [-0.25, -0.2) is 0 Å².